The van der Waals surface area contributed by atoms with Crippen LogP contribution in [0.25, 0.3) is 16.7 Å². The molecule has 0 fully saturated rings. The molecular formula is C17H17N5OS. The van der Waals surface area contributed by atoms with Crippen LogP contribution in [0.15, 0.2) is 45.9 Å². The lowest BCUT2D eigenvalue weighted by Gasteiger charge is -2.15. The largest absolute Gasteiger partial charge is 0.295 e. The second kappa shape index (κ2) is 5.85. The summed E-state index contributed by atoms with van der Waals surface area (Å²) in [5, 5.41) is 13.5. The van der Waals surface area contributed by atoms with Crippen LogP contribution in [0.3, 0.4) is 0 Å². The Labute approximate surface area is 142 Å². The monoisotopic (exact) mass is 339 g/mol. The number of thiophene rings is 1. The van der Waals surface area contributed by atoms with Gasteiger partial charge in [-0.25, -0.2) is 0 Å². The minimum absolute atomic E-state index is 0.0522. The van der Waals surface area contributed by atoms with E-state index in [2.05, 4.69) is 39.0 Å². The van der Waals surface area contributed by atoms with E-state index >= 15 is 0 Å². The van der Waals surface area contributed by atoms with Gasteiger partial charge in [0, 0.05) is 13.6 Å². The van der Waals surface area contributed by atoms with Crippen molar-refractivity contribution in [1.82, 2.24) is 24.1 Å². The van der Waals surface area contributed by atoms with Crippen LogP contribution in [-0.4, -0.2) is 31.1 Å². The summed E-state index contributed by atoms with van der Waals surface area (Å²) in [6, 6.07) is 9.72. The van der Waals surface area contributed by atoms with E-state index in [1.807, 2.05) is 28.7 Å². The average molecular weight is 339 g/mol. The fourth-order valence-electron chi connectivity index (χ4n) is 2.99. The summed E-state index contributed by atoms with van der Waals surface area (Å²) < 4.78 is 3.53. The minimum atomic E-state index is -0.0522. The number of hydrogen-bond acceptors (Lipinski definition) is 5. The number of nitrogens with zero attached hydrogens (tertiary/aromatic N) is 5. The van der Waals surface area contributed by atoms with E-state index < -0.39 is 0 Å². The smallest absolute Gasteiger partial charge is 0.262 e. The molecule has 0 atom stereocenters. The predicted octanol–water partition coefficient (Wildman–Crippen LogP) is 2.27. The van der Waals surface area contributed by atoms with Crippen LogP contribution >= 0.6 is 11.3 Å². The Hall–Kier alpha value is -2.51. The summed E-state index contributed by atoms with van der Waals surface area (Å²) in [7, 11) is 3.79. The number of benzene rings is 1. The minimum Gasteiger partial charge on any atom is -0.295 e. The van der Waals surface area contributed by atoms with Gasteiger partial charge in [-0.3, -0.25) is 18.7 Å². The maximum atomic E-state index is 12.5. The van der Waals surface area contributed by atoms with E-state index in [-0.39, 0.29) is 5.56 Å². The Balaban J connectivity index is 1.80. The molecule has 0 unspecified atom stereocenters. The molecule has 6 nitrogen and oxygen atoms in total. The van der Waals surface area contributed by atoms with E-state index in [1.54, 1.807) is 23.0 Å². The van der Waals surface area contributed by atoms with Gasteiger partial charge in [-0.15, -0.1) is 10.2 Å². The van der Waals surface area contributed by atoms with Crippen LogP contribution in [0.1, 0.15) is 11.4 Å². The predicted molar refractivity (Wildman–Crippen MR) is 95.2 cm³/mol. The van der Waals surface area contributed by atoms with Crippen LogP contribution in [-0.2, 0) is 20.1 Å². The van der Waals surface area contributed by atoms with Crippen LogP contribution in [0, 0.1) is 0 Å². The second-order valence-electron chi connectivity index (χ2n) is 5.94. The van der Waals surface area contributed by atoms with Gasteiger partial charge in [0.2, 0.25) is 5.78 Å². The third-order valence-electron chi connectivity index (χ3n) is 4.14. The number of aromatic nitrogens is 4. The summed E-state index contributed by atoms with van der Waals surface area (Å²) in [6.45, 7) is 1.50. The van der Waals surface area contributed by atoms with Gasteiger partial charge in [0.05, 0.1) is 17.4 Å². The molecule has 4 aromatic rings. The topological polar surface area (TPSA) is 55.4 Å². The SMILES string of the molecule is CN(Cc1ccsc1)Cc1nnc2n(C)c(=O)c3ccccc3n12. The first-order valence-electron chi connectivity index (χ1n) is 7.66. The molecule has 0 radical (unpaired) electrons. The summed E-state index contributed by atoms with van der Waals surface area (Å²) in [4.78, 5) is 14.7. The first-order chi connectivity index (χ1) is 11.6. The van der Waals surface area contributed by atoms with Crippen molar-refractivity contribution < 1.29 is 0 Å². The number of hydrogen-bond donors (Lipinski definition) is 0. The fraction of sp³-hybridized carbons (Fsp3) is 0.235. The standard InChI is InChI=1S/C17H17N5OS/c1-20(9-12-7-8-24-11-12)10-15-18-19-17-21(2)16(23)13-5-3-4-6-14(13)22(15)17/h3-8,11H,9-10H2,1-2H3. The second-order valence-corrected chi connectivity index (χ2v) is 6.72. The van der Waals surface area contributed by atoms with Crippen molar-refractivity contribution in [3.8, 4) is 0 Å². The third kappa shape index (κ3) is 2.42. The van der Waals surface area contributed by atoms with E-state index in [0.717, 1.165) is 17.9 Å². The highest BCUT2D eigenvalue weighted by atomic mass is 32.1. The molecular weight excluding hydrogens is 322 g/mol. The quantitative estimate of drug-likeness (QED) is 0.572. The number of para-hydroxylation sites is 1. The lowest BCUT2D eigenvalue weighted by molar-refractivity contribution is 0.310. The zero-order chi connectivity index (χ0) is 16.7. The molecule has 24 heavy (non-hydrogen) atoms. The lowest BCUT2D eigenvalue weighted by atomic mass is 10.2. The molecule has 3 heterocycles. The maximum absolute atomic E-state index is 12.5. The van der Waals surface area contributed by atoms with Gasteiger partial charge < -0.3 is 0 Å². The molecule has 7 heteroatoms. The molecule has 0 aliphatic rings. The number of rotatable bonds is 4. The molecule has 0 saturated carbocycles. The van der Waals surface area contributed by atoms with Crippen LogP contribution in [0.2, 0.25) is 0 Å². The van der Waals surface area contributed by atoms with Gasteiger partial charge >= 0.3 is 0 Å². The lowest BCUT2D eigenvalue weighted by Crippen LogP contribution is -2.22. The summed E-state index contributed by atoms with van der Waals surface area (Å²) in [5.41, 5.74) is 2.08. The third-order valence-corrected chi connectivity index (χ3v) is 4.87. The van der Waals surface area contributed by atoms with Crippen molar-refractivity contribution in [3.63, 3.8) is 0 Å². The maximum Gasteiger partial charge on any atom is 0.262 e. The van der Waals surface area contributed by atoms with Gasteiger partial charge in [0.15, 0.2) is 5.82 Å². The molecule has 0 bridgehead atoms. The average Bonchev–Trinajstić information content (AvgIpc) is 3.23. The highest BCUT2D eigenvalue weighted by Gasteiger charge is 2.15. The van der Waals surface area contributed by atoms with Crippen molar-refractivity contribution in [2.45, 2.75) is 13.1 Å². The van der Waals surface area contributed by atoms with Crippen LogP contribution in [0.4, 0.5) is 0 Å². The van der Waals surface area contributed by atoms with Gasteiger partial charge in [-0.1, -0.05) is 12.1 Å². The summed E-state index contributed by atoms with van der Waals surface area (Å²) in [6.07, 6.45) is 0. The molecule has 122 valence electrons. The fourth-order valence-corrected chi connectivity index (χ4v) is 3.65. The van der Waals surface area contributed by atoms with E-state index in [1.165, 1.54) is 5.56 Å². The Morgan fingerprint density at radius 3 is 2.79 bits per heavy atom. The van der Waals surface area contributed by atoms with Gasteiger partial charge in [0.1, 0.15) is 0 Å². The van der Waals surface area contributed by atoms with Crippen molar-refractivity contribution in [1.29, 1.82) is 0 Å². The first-order valence-corrected chi connectivity index (χ1v) is 8.61. The highest BCUT2D eigenvalue weighted by Crippen LogP contribution is 2.16. The molecule has 0 aliphatic carbocycles. The zero-order valence-corrected chi connectivity index (χ0v) is 14.3. The molecule has 0 amide bonds. The normalized spacial score (nSPS) is 11.8. The molecule has 1 aromatic carbocycles. The number of fused-ring (bicyclic) bond motifs is 3. The molecule has 0 N–H and O–H groups in total. The van der Waals surface area contributed by atoms with Crippen LogP contribution < -0.4 is 5.56 Å². The summed E-state index contributed by atoms with van der Waals surface area (Å²) in [5.74, 6) is 1.40. The Kier molecular flexibility index (Phi) is 3.66. The van der Waals surface area contributed by atoms with Crippen molar-refractivity contribution in [2.75, 3.05) is 7.05 Å². The van der Waals surface area contributed by atoms with Crippen molar-refractivity contribution in [3.05, 3.63) is 62.8 Å². The molecule has 0 spiro atoms. The first kappa shape index (κ1) is 15.0. The zero-order valence-electron chi connectivity index (χ0n) is 13.5. The van der Waals surface area contributed by atoms with Crippen LogP contribution in [0.5, 0.6) is 0 Å². The van der Waals surface area contributed by atoms with E-state index in [9.17, 15) is 4.79 Å². The molecule has 0 aliphatic heterocycles. The summed E-state index contributed by atoms with van der Waals surface area (Å²) >= 11 is 1.70. The molecule has 4 rings (SSSR count). The van der Waals surface area contributed by atoms with Gasteiger partial charge in [-0.2, -0.15) is 11.3 Å². The Bertz CT molecular complexity index is 1060. The van der Waals surface area contributed by atoms with E-state index in [0.29, 0.717) is 17.7 Å². The molecule has 0 saturated heterocycles. The van der Waals surface area contributed by atoms with Crippen molar-refractivity contribution in [2.24, 2.45) is 7.05 Å². The number of aryl methyl sites for hydroxylation is 1. The molecule has 3 aromatic heterocycles. The van der Waals surface area contributed by atoms with Gasteiger partial charge in [0.25, 0.3) is 5.56 Å². The van der Waals surface area contributed by atoms with Crippen molar-refractivity contribution >= 4 is 28.0 Å². The Morgan fingerprint density at radius 1 is 1.17 bits per heavy atom. The van der Waals surface area contributed by atoms with E-state index in [4.69, 9.17) is 0 Å². The Morgan fingerprint density at radius 2 is 2.00 bits per heavy atom. The highest BCUT2D eigenvalue weighted by molar-refractivity contribution is 7.07. The van der Waals surface area contributed by atoms with Gasteiger partial charge in [-0.05, 0) is 41.6 Å².